The molecule has 2 N–H and O–H groups in total. The Hall–Kier alpha value is -1.06. The first-order valence-corrected chi connectivity index (χ1v) is 5.51. The first kappa shape index (κ1) is 13.0. The van der Waals surface area contributed by atoms with Crippen molar-refractivity contribution in [2.24, 2.45) is 5.73 Å². The van der Waals surface area contributed by atoms with Crippen molar-refractivity contribution in [3.63, 3.8) is 0 Å². The molecule has 0 aliphatic heterocycles. The Balaban J connectivity index is 2.89. The lowest BCUT2D eigenvalue weighted by Crippen LogP contribution is -2.37. The van der Waals surface area contributed by atoms with E-state index in [2.05, 4.69) is 0 Å². The Labute approximate surface area is 97.6 Å². The van der Waals surface area contributed by atoms with Crippen LogP contribution in [0.5, 0.6) is 5.75 Å². The van der Waals surface area contributed by atoms with Gasteiger partial charge in [-0.3, -0.25) is 0 Å². The number of methoxy groups -OCH3 is 1. The summed E-state index contributed by atoms with van der Waals surface area (Å²) in [6.45, 7) is 6.44. The molecule has 0 saturated heterocycles. The molecule has 0 amide bonds. The third-order valence-electron chi connectivity index (χ3n) is 2.31. The zero-order chi connectivity index (χ0) is 12.2. The molecular weight excluding hydrogens is 202 g/mol. The van der Waals surface area contributed by atoms with Crippen LogP contribution in [-0.2, 0) is 10.3 Å². The van der Waals surface area contributed by atoms with Gasteiger partial charge in [-0.05, 0) is 38.5 Å². The SMILES string of the molecule is COCC(C)(N)c1cccc(OC(C)C)c1. The van der Waals surface area contributed by atoms with Crippen molar-refractivity contribution < 1.29 is 9.47 Å². The van der Waals surface area contributed by atoms with Gasteiger partial charge in [0.25, 0.3) is 0 Å². The van der Waals surface area contributed by atoms with E-state index in [1.54, 1.807) is 7.11 Å². The maximum absolute atomic E-state index is 6.17. The Morgan fingerprint density at radius 1 is 1.38 bits per heavy atom. The largest absolute Gasteiger partial charge is 0.491 e. The Kier molecular flexibility index (Phi) is 4.33. The standard InChI is InChI=1S/C13H21NO2/c1-10(2)16-12-7-5-6-11(8-12)13(3,14)9-15-4/h5-8,10H,9,14H2,1-4H3. The molecule has 16 heavy (non-hydrogen) atoms. The van der Waals surface area contributed by atoms with E-state index in [-0.39, 0.29) is 6.10 Å². The summed E-state index contributed by atoms with van der Waals surface area (Å²) in [5.41, 5.74) is 6.71. The molecule has 3 heteroatoms. The lowest BCUT2D eigenvalue weighted by Gasteiger charge is -2.25. The van der Waals surface area contributed by atoms with E-state index in [0.29, 0.717) is 6.61 Å². The van der Waals surface area contributed by atoms with Gasteiger partial charge in [-0.25, -0.2) is 0 Å². The lowest BCUT2D eigenvalue weighted by molar-refractivity contribution is 0.140. The van der Waals surface area contributed by atoms with E-state index in [1.165, 1.54) is 0 Å². The van der Waals surface area contributed by atoms with Crippen molar-refractivity contribution in [1.82, 2.24) is 0 Å². The van der Waals surface area contributed by atoms with Crippen LogP contribution in [0.4, 0.5) is 0 Å². The van der Waals surface area contributed by atoms with Crippen LogP contribution in [0.25, 0.3) is 0 Å². The fraction of sp³-hybridized carbons (Fsp3) is 0.538. The van der Waals surface area contributed by atoms with E-state index in [9.17, 15) is 0 Å². The number of nitrogens with two attached hydrogens (primary N) is 1. The molecule has 0 bridgehead atoms. The van der Waals surface area contributed by atoms with Crippen LogP contribution in [0.2, 0.25) is 0 Å². The molecule has 3 nitrogen and oxygen atoms in total. The van der Waals surface area contributed by atoms with Crippen molar-refractivity contribution >= 4 is 0 Å². The molecule has 0 aliphatic rings. The van der Waals surface area contributed by atoms with Gasteiger partial charge in [-0.2, -0.15) is 0 Å². The highest BCUT2D eigenvalue weighted by molar-refractivity contribution is 5.33. The molecule has 0 radical (unpaired) electrons. The molecule has 0 saturated carbocycles. The average Bonchev–Trinajstić information content (AvgIpc) is 2.17. The van der Waals surface area contributed by atoms with Crippen LogP contribution >= 0.6 is 0 Å². The van der Waals surface area contributed by atoms with Crippen LogP contribution in [-0.4, -0.2) is 19.8 Å². The van der Waals surface area contributed by atoms with E-state index in [4.69, 9.17) is 15.2 Å². The third-order valence-corrected chi connectivity index (χ3v) is 2.31. The van der Waals surface area contributed by atoms with E-state index in [1.807, 2.05) is 45.0 Å². The Bertz CT molecular complexity index is 334. The molecule has 1 rings (SSSR count). The van der Waals surface area contributed by atoms with Gasteiger partial charge >= 0.3 is 0 Å². The van der Waals surface area contributed by atoms with Crippen LogP contribution in [0.15, 0.2) is 24.3 Å². The maximum Gasteiger partial charge on any atom is 0.120 e. The first-order chi connectivity index (χ1) is 7.45. The smallest absolute Gasteiger partial charge is 0.120 e. The Morgan fingerprint density at radius 2 is 2.06 bits per heavy atom. The minimum Gasteiger partial charge on any atom is -0.491 e. The van der Waals surface area contributed by atoms with Crippen molar-refractivity contribution in [3.05, 3.63) is 29.8 Å². The van der Waals surface area contributed by atoms with Gasteiger partial charge in [0.2, 0.25) is 0 Å². The number of ether oxygens (including phenoxy) is 2. The zero-order valence-corrected chi connectivity index (χ0v) is 10.5. The number of rotatable bonds is 5. The van der Waals surface area contributed by atoms with Gasteiger partial charge in [0, 0.05) is 7.11 Å². The average molecular weight is 223 g/mol. The molecule has 1 atom stereocenters. The molecule has 0 fully saturated rings. The molecule has 0 heterocycles. The second-order valence-corrected chi connectivity index (χ2v) is 4.54. The van der Waals surface area contributed by atoms with Gasteiger partial charge in [-0.1, -0.05) is 12.1 Å². The lowest BCUT2D eigenvalue weighted by atomic mass is 9.94. The highest BCUT2D eigenvalue weighted by Gasteiger charge is 2.21. The van der Waals surface area contributed by atoms with Gasteiger partial charge < -0.3 is 15.2 Å². The fourth-order valence-electron chi connectivity index (χ4n) is 1.58. The topological polar surface area (TPSA) is 44.5 Å². The third kappa shape index (κ3) is 3.51. The first-order valence-electron chi connectivity index (χ1n) is 5.51. The number of hydrogen-bond acceptors (Lipinski definition) is 3. The van der Waals surface area contributed by atoms with E-state index in [0.717, 1.165) is 11.3 Å². The summed E-state index contributed by atoms with van der Waals surface area (Å²) in [6, 6.07) is 7.85. The van der Waals surface area contributed by atoms with Crippen LogP contribution in [0.3, 0.4) is 0 Å². The van der Waals surface area contributed by atoms with Crippen molar-refractivity contribution in [1.29, 1.82) is 0 Å². The molecule has 90 valence electrons. The van der Waals surface area contributed by atoms with E-state index >= 15 is 0 Å². The summed E-state index contributed by atoms with van der Waals surface area (Å²) in [5.74, 6) is 0.847. The molecule has 0 aliphatic carbocycles. The molecule has 0 aromatic heterocycles. The van der Waals surface area contributed by atoms with Crippen LogP contribution in [0, 0.1) is 0 Å². The second kappa shape index (κ2) is 5.32. The van der Waals surface area contributed by atoms with Gasteiger partial charge in [0.05, 0.1) is 18.2 Å². The molecule has 0 spiro atoms. The normalized spacial score (nSPS) is 14.9. The predicted octanol–water partition coefficient (Wildman–Crippen LogP) is 2.29. The van der Waals surface area contributed by atoms with Crippen molar-refractivity contribution in [2.45, 2.75) is 32.4 Å². The molecular formula is C13H21NO2. The van der Waals surface area contributed by atoms with E-state index < -0.39 is 5.54 Å². The summed E-state index contributed by atoms with van der Waals surface area (Å²) in [6.07, 6.45) is 0.168. The number of hydrogen-bond donors (Lipinski definition) is 1. The fourth-order valence-corrected chi connectivity index (χ4v) is 1.58. The second-order valence-electron chi connectivity index (χ2n) is 4.54. The number of benzene rings is 1. The highest BCUT2D eigenvalue weighted by Crippen LogP contribution is 2.23. The summed E-state index contributed by atoms with van der Waals surface area (Å²) >= 11 is 0. The van der Waals surface area contributed by atoms with Crippen LogP contribution in [0.1, 0.15) is 26.3 Å². The van der Waals surface area contributed by atoms with Gasteiger partial charge in [0.1, 0.15) is 5.75 Å². The Morgan fingerprint density at radius 3 is 2.62 bits per heavy atom. The predicted molar refractivity (Wildman–Crippen MR) is 65.6 cm³/mol. The van der Waals surface area contributed by atoms with Crippen molar-refractivity contribution in [3.8, 4) is 5.75 Å². The molecule has 1 unspecified atom stereocenters. The molecule has 1 aromatic rings. The van der Waals surface area contributed by atoms with Crippen LogP contribution < -0.4 is 10.5 Å². The summed E-state index contributed by atoms with van der Waals surface area (Å²) < 4.78 is 10.7. The summed E-state index contributed by atoms with van der Waals surface area (Å²) in [4.78, 5) is 0. The minimum absolute atomic E-state index is 0.168. The minimum atomic E-state index is -0.481. The molecule has 1 aromatic carbocycles. The maximum atomic E-state index is 6.17. The van der Waals surface area contributed by atoms with Gasteiger partial charge in [0.15, 0.2) is 0 Å². The van der Waals surface area contributed by atoms with Crippen molar-refractivity contribution in [2.75, 3.05) is 13.7 Å². The quantitative estimate of drug-likeness (QED) is 0.833. The monoisotopic (exact) mass is 223 g/mol. The highest BCUT2D eigenvalue weighted by atomic mass is 16.5. The zero-order valence-electron chi connectivity index (χ0n) is 10.5. The summed E-state index contributed by atoms with van der Waals surface area (Å²) in [5, 5.41) is 0. The summed E-state index contributed by atoms with van der Waals surface area (Å²) in [7, 11) is 1.65. The van der Waals surface area contributed by atoms with Gasteiger partial charge in [-0.15, -0.1) is 0 Å².